The standard InChI is InChI=1S/C14H24N2/c1-4-5-8-13(15)10-16-14-9-6-7-11(2)12(14)3/h6-7,9,13,16H,4-5,8,10,15H2,1-3H3. The van der Waals surface area contributed by atoms with Gasteiger partial charge in [0.05, 0.1) is 0 Å². The Morgan fingerprint density at radius 2 is 2.06 bits per heavy atom. The van der Waals surface area contributed by atoms with E-state index < -0.39 is 0 Å². The fourth-order valence-electron chi connectivity index (χ4n) is 1.75. The zero-order valence-corrected chi connectivity index (χ0v) is 10.7. The Kier molecular flexibility index (Phi) is 5.33. The minimum absolute atomic E-state index is 0.264. The van der Waals surface area contributed by atoms with Crippen LogP contribution in [0.2, 0.25) is 0 Å². The van der Waals surface area contributed by atoms with E-state index in [1.165, 1.54) is 29.7 Å². The van der Waals surface area contributed by atoms with Crippen LogP contribution in [-0.4, -0.2) is 12.6 Å². The molecule has 1 atom stereocenters. The molecule has 1 rings (SSSR count). The van der Waals surface area contributed by atoms with Crippen LogP contribution in [0.4, 0.5) is 5.69 Å². The maximum Gasteiger partial charge on any atom is 0.0373 e. The van der Waals surface area contributed by atoms with Crippen LogP contribution in [0.5, 0.6) is 0 Å². The molecule has 1 aromatic rings. The Bertz CT molecular complexity index is 321. The Morgan fingerprint density at radius 1 is 1.31 bits per heavy atom. The average molecular weight is 220 g/mol. The molecule has 2 heteroatoms. The van der Waals surface area contributed by atoms with E-state index in [-0.39, 0.29) is 6.04 Å². The first kappa shape index (κ1) is 13.0. The highest BCUT2D eigenvalue weighted by molar-refractivity contribution is 5.53. The number of hydrogen-bond acceptors (Lipinski definition) is 2. The summed E-state index contributed by atoms with van der Waals surface area (Å²) in [4.78, 5) is 0. The van der Waals surface area contributed by atoms with Gasteiger partial charge in [-0.15, -0.1) is 0 Å². The Hall–Kier alpha value is -1.02. The van der Waals surface area contributed by atoms with E-state index in [1.807, 2.05) is 0 Å². The molecule has 90 valence electrons. The van der Waals surface area contributed by atoms with E-state index in [0.717, 1.165) is 13.0 Å². The molecular formula is C14H24N2. The van der Waals surface area contributed by atoms with Crippen molar-refractivity contribution in [3.63, 3.8) is 0 Å². The lowest BCUT2D eigenvalue weighted by Crippen LogP contribution is -2.29. The number of nitrogens with one attached hydrogen (secondary N) is 1. The molecule has 0 aliphatic heterocycles. The van der Waals surface area contributed by atoms with E-state index in [1.54, 1.807) is 0 Å². The van der Waals surface area contributed by atoms with Crippen molar-refractivity contribution in [3.8, 4) is 0 Å². The highest BCUT2D eigenvalue weighted by atomic mass is 14.9. The van der Waals surface area contributed by atoms with Gasteiger partial charge >= 0.3 is 0 Å². The van der Waals surface area contributed by atoms with E-state index in [2.05, 4.69) is 44.3 Å². The van der Waals surface area contributed by atoms with E-state index in [4.69, 9.17) is 5.73 Å². The van der Waals surface area contributed by atoms with Crippen molar-refractivity contribution in [3.05, 3.63) is 29.3 Å². The van der Waals surface area contributed by atoms with Gasteiger partial charge in [-0.25, -0.2) is 0 Å². The van der Waals surface area contributed by atoms with Gasteiger partial charge < -0.3 is 11.1 Å². The molecule has 0 radical (unpaired) electrons. The number of anilines is 1. The van der Waals surface area contributed by atoms with E-state index in [0.29, 0.717) is 0 Å². The molecule has 2 nitrogen and oxygen atoms in total. The molecule has 0 bridgehead atoms. The summed E-state index contributed by atoms with van der Waals surface area (Å²) < 4.78 is 0. The van der Waals surface area contributed by atoms with Crippen LogP contribution >= 0.6 is 0 Å². The first-order valence-corrected chi connectivity index (χ1v) is 6.20. The molecule has 0 amide bonds. The second kappa shape index (κ2) is 6.54. The normalized spacial score (nSPS) is 12.5. The van der Waals surface area contributed by atoms with Crippen molar-refractivity contribution >= 4 is 5.69 Å². The van der Waals surface area contributed by atoms with Crippen LogP contribution in [0, 0.1) is 13.8 Å². The van der Waals surface area contributed by atoms with Gasteiger partial charge in [-0.05, 0) is 37.5 Å². The monoisotopic (exact) mass is 220 g/mol. The highest BCUT2D eigenvalue weighted by Gasteiger charge is 2.03. The van der Waals surface area contributed by atoms with Crippen molar-refractivity contribution in [1.82, 2.24) is 0 Å². The van der Waals surface area contributed by atoms with Crippen LogP contribution in [0.25, 0.3) is 0 Å². The van der Waals surface area contributed by atoms with Crippen LogP contribution in [0.3, 0.4) is 0 Å². The molecule has 1 unspecified atom stereocenters. The first-order valence-electron chi connectivity index (χ1n) is 6.20. The fraction of sp³-hybridized carbons (Fsp3) is 0.571. The molecule has 16 heavy (non-hydrogen) atoms. The highest BCUT2D eigenvalue weighted by Crippen LogP contribution is 2.17. The van der Waals surface area contributed by atoms with Gasteiger partial charge in [0.25, 0.3) is 0 Å². The molecular weight excluding hydrogens is 196 g/mol. The summed E-state index contributed by atoms with van der Waals surface area (Å²) in [5, 5.41) is 3.44. The second-order valence-electron chi connectivity index (χ2n) is 4.53. The molecule has 0 heterocycles. The summed E-state index contributed by atoms with van der Waals surface area (Å²) >= 11 is 0. The molecule has 1 aromatic carbocycles. The van der Waals surface area contributed by atoms with Gasteiger partial charge in [0.15, 0.2) is 0 Å². The van der Waals surface area contributed by atoms with Crippen LogP contribution in [0.15, 0.2) is 18.2 Å². The lowest BCUT2D eigenvalue weighted by atomic mass is 10.1. The van der Waals surface area contributed by atoms with Crippen LogP contribution in [-0.2, 0) is 0 Å². The Balaban J connectivity index is 2.45. The molecule has 0 aromatic heterocycles. The zero-order valence-electron chi connectivity index (χ0n) is 10.7. The average Bonchev–Trinajstić information content (AvgIpc) is 2.28. The van der Waals surface area contributed by atoms with Gasteiger partial charge in [-0.3, -0.25) is 0 Å². The van der Waals surface area contributed by atoms with Gasteiger partial charge in [0, 0.05) is 18.3 Å². The summed E-state index contributed by atoms with van der Waals surface area (Å²) in [6.45, 7) is 7.35. The molecule has 0 spiro atoms. The third-order valence-corrected chi connectivity index (χ3v) is 3.09. The van der Waals surface area contributed by atoms with Crippen LogP contribution < -0.4 is 11.1 Å². The van der Waals surface area contributed by atoms with Crippen molar-refractivity contribution in [2.24, 2.45) is 5.73 Å². The number of aryl methyl sites for hydroxylation is 1. The number of hydrogen-bond donors (Lipinski definition) is 2. The zero-order chi connectivity index (χ0) is 12.0. The minimum atomic E-state index is 0.264. The molecule has 3 N–H and O–H groups in total. The third-order valence-electron chi connectivity index (χ3n) is 3.09. The van der Waals surface area contributed by atoms with Gasteiger partial charge in [-0.2, -0.15) is 0 Å². The number of benzene rings is 1. The van der Waals surface area contributed by atoms with Crippen LogP contribution in [0.1, 0.15) is 37.3 Å². The first-order chi connectivity index (χ1) is 7.65. The topological polar surface area (TPSA) is 38.0 Å². The molecule has 0 saturated carbocycles. The molecule has 0 aliphatic carbocycles. The summed E-state index contributed by atoms with van der Waals surface area (Å²) in [5.41, 5.74) is 9.90. The number of nitrogens with two attached hydrogens (primary N) is 1. The Labute approximate surface area is 99.2 Å². The fourth-order valence-corrected chi connectivity index (χ4v) is 1.75. The van der Waals surface area contributed by atoms with E-state index >= 15 is 0 Å². The van der Waals surface area contributed by atoms with Crippen molar-refractivity contribution in [2.45, 2.75) is 46.1 Å². The van der Waals surface area contributed by atoms with Gasteiger partial charge in [0.2, 0.25) is 0 Å². The predicted octanol–water partition coefficient (Wildman–Crippen LogP) is 3.23. The second-order valence-corrected chi connectivity index (χ2v) is 4.53. The van der Waals surface area contributed by atoms with E-state index in [9.17, 15) is 0 Å². The molecule has 0 fully saturated rings. The maximum absolute atomic E-state index is 6.03. The lowest BCUT2D eigenvalue weighted by Gasteiger charge is -2.15. The van der Waals surface area contributed by atoms with Crippen molar-refractivity contribution in [2.75, 3.05) is 11.9 Å². The summed E-state index contributed by atoms with van der Waals surface area (Å²) in [7, 11) is 0. The smallest absolute Gasteiger partial charge is 0.0373 e. The largest absolute Gasteiger partial charge is 0.383 e. The third kappa shape index (κ3) is 3.86. The summed E-state index contributed by atoms with van der Waals surface area (Å²) in [6.07, 6.45) is 3.54. The molecule has 0 aliphatic rings. The summed E-state index contributed by atoms with van der Waals surface area (Å²) in [5.74, 6) is 0. The lowest BCUT2D eigenvalue weighted by molar-refractivity contribution is 0.596. The predicted molar refractivity (Wildman–Crippen MR) is 71.9 cm³/mol. The van der Waals surface area contributed by atoms with Gasteiger partial charge in [-0.1, -0.05) is 31.9 Å². The number of unbranched alkanes of at least 4 members (excludes halogenated alkanes) is 1. The molecule has 0 saturated heterocycles. The van der Waals surface area contributed by atoms with Crippen molar-refractivity contribution in [1.29, 1.82) is 0 Å². The van der Waals surface area contributed by atoms with Gasteiger partial charge in [0.1, 0.15) is 0 Å². The maximum atomic E-state index is 6.03. The SMILES string of the molecule is CCCCC(N)CNc1cccc(C)c1C. The number of rotatable bonds is 6. The minimum Gasteiger partial charge on any atom is -0.383 e. The summed E-state index contributed by atoms with van der Waals surface area (Å²) in [6, 6.07) is 6.61. The Morgan fingerprint density at radius 3 is 2.75 bits per heavy atom. The quantitative estimate of drug-likeness (QED) is 0.772. The van der Waals surface area contributed by atoms with Crippen molar-refractivity contribution < 1.29 is 0 Å².